The zero-order chi connectivity index (χ0) is 17.1. The molecule has 0 aliphatic heterocycles. The zero-order valence-electron chi connectivity index (χ0n) is 14.4. The summed E-state index contributed by atoms with van der Waals surface area (Å²) in [5.41, 5.74) is 4.16. The van der Waals surface area contributed by atoms with Gasteiger partial charge in [0.25, 0.3) is 0 Å². The summed E-state index contributed by atoms with van der Waals surface area (Å²) in [5.74, 6) is 1.29. The molecule has 0 atom stereocenters. The van der Waals surface area contributed by atoms with Crippen LogP contribution in [0.2, 0.25) is 0 Å². The van der Waals surface area contributed by atoms with E-state index in [1.54, 1.807) is 18.0 Å². The number of fused-ring (bicyclic) bond motifs is 1. The van der Waals surface area contributed by atoms with Crippen molar-refractivity contribution in [2.45, 2.75) is 13.8 Å². The summed E-state index contributed by atoms with van der Waals surface area (Å²) < 4.78 is 6.81. The fourth-order valence-corrected chi connectivity index (χ4v) is 2.46. The minimum absolute atomic E-state index is 0.552. The maximum Gasteiger partial charge on any atom is 0.226 e. The maximum atomic E-state index is 5.06. The Morgan fingerprint density at radius 1 is 1.21 bits per heavy atom. The Morgan fingerprint density at radius 2 is 2.04 bits per heavy atom. The summed E-state index contributed by atoms with van der Waals surface area (Å²) in [6, 6.07) is 6.30. The quantitative estimate of drug-likeness (QED) is 0.678. The Kier molecular flexibility index (Phi) is 4.61. The Hall–Kier alpha value is -2.67. The van der Waals surface area contributed by atoms with Crippen molar-refractivity contribution >= 4 is 28.5 Å². The molecule has 0 saturated carbocycles. The monoisotopic (exact) mass is 326 g/mol. The van der Waals surface area contributed by atoms with Gasteiger partial charge in [0, 0.05) is 26.4 Å². The van der Waals surface area contributed by atoms with Crippen molar-refractivity contribution in [3.63, 3.8) is 0 Å². The summed E-state index contributed by atoms with van der Waals surface area (Å²) in [4.78, 5) is 9.14. The lowest BCUT2D eigenvalue weighted by molar-refractivity contribution is 0.210. The smallest absolute Gasteiger partial charge is 0.226 e. The lowest BCUT2D eigenvalue weighted by atomic mass is 10.1. The second-order valence-electron chi connectivity index (χ2n) is 5.76. The van der Waals surface area contributed by atoms with Gasteiger partial charge in [-0.05, 0) is 31.0 Å². The van der Waals surface area contributed by atoms with E-state index in [4.69, 9.17) is 4.74 Å². The predicted octanol–water partition coefficient (Wildman–Crippen LogP) is 2.78. The van der Waals surface area contributed by atoms with Crippen molar-refractivity contribution in [1.82, 2.24) is 19.7 Å². The Balaban J connectivity index is 2.00. The summed E-state index contributed by atoms with van der Waals surface area (Å²) in [6.07, 6.45) is 1.78. The van der Waals surface area contributed by atoms with Gasteiger partial charge in [0.15, 0.2) is 5.65 Å². The number of rotatable bonds is 6. The van der Waals surface area contributed by atoms with Crippen LogP contribution in [0.1, 0.15) is 11.1 Å². The van der Waals surface area contributed by atoms with Crippen LogP contribution in [0.5, 0.6) is 0 Å². The van der Waals surface area contributed by atoms with E-state index in [-0.39, 0.29) is 0 Å². The molecular weight excluding hydrogens is 304 g/mol. The van der Waals surface area contributed by atoms with Gasteiger partial charge in [0.2, 0.25) is 5.95 Å². The van der Waals surface area contributed by atoms with E-state index in [0.717, 1.165) is 28.1 Å². The summed E-state index contributed by atoms with van der Waals surface area (Å²) in [5, 5.41) is 11.8. The van der Waals surface area contributed by atoms with Crippen LogP contribution < -0.4 is 10.6 Å². The molecule has 0 aliphatic carbocycles. The van der Waals surface area contributed by atoms with Crippen LogP contribution in [0.4, 0.5) is 17.5 Å². The first-order chi connectivity index (χ1) is 11.6. The topological polar surface area (TPSA) is 76.9 Å². The van der Waals surface area contributed by atoms with E-state index >= 15 is 0 Å². The molecule has 3 rings (SSSR count). The van der Waals surface area contributed by atoms with Gasteiger partial charge >= 0.3 is 0 Å². The molecule has 2 N–H and O–H groups in total. The molecule has 24 heavy (non-hydrogen) atoms. The van der Waals surface area contributed by atoms with Crippen molar-refractivity contribution in [3.05, 3.63) is 35.5 Å². The van der Waals surface area contributed by atoms with Crippen LogP contribution in [0.25, 0.3) is 11.0 Å². The normalized spacial score (nSPS) is 11.0. The van der Waals surface area contributed by atoms with Crippen LogP contribution in [0.3, 0.4) is 0 Å². The van der Waals surface area contributed by atoms with Crippen LogP contribution in [0, 0.1) is 13.8 Å². The fraction of sp³-hybridized carbons (Fsp3) is 0.353. The van der Waals surface area contributed by atoms with E-state index in [0.29, 0.717) is 19.1 Å². The third-order valence-corrected chi connectivity index (χ3v) is 3.83. The highest BCUT2D eigenvalue weighted by Crippen LogP contribution is 2.27. The molecule has 0 spiro atoms. The molecule has 0 radical (unpaired) electrons. The van der Waals surface area contributed by atoms with Crippen LogP contribution >= 0.6 is 0 Å². The maximum absolute atomic E-state index is 5.06. The molecule has 3 aromatic rings. The lowest BCUT2D eigenvalue weighted by Crippen LogP contribution is -2.11. The molecule has 0 aliphatic rings. The highest BCUT2D eigenvalue weighted by atomic mass is 16.5. The van der Waals surface area contributed by atoms with Gasteiger partial charge in [-0.3, -0.25) is 4.68 Å². The standard InChI is InChI=1S/C17H22N6O/c1-11-5-6-12(2)14(9-11)20-15-13-10-19-23(3)16(13)22-17(21-15)18-7-8-24-4/h5-6,9-10H,7-8H2,1-4H3,(H2,18,20,21,22). The van der Waals surface area contributed by atoms with Crippen molar-refractivity contribution < 1.29 is 4.74 Å². The van der Waals surface area contributed by atoms with Crippen LogP contribution in [-0.4, -0.2) is 40.0 Å². The second kappa shape index (κ2) is 6.84. The summed E-state index contributed by atoms with van der Waals surface area (Å²) in [7, 11) is 3.54. The number of aromatic nitrogens is 4. The van der Waals surface area contributed by atoms with Gasteiger partial charge in [-0.2, -0.15) is 15.1 Å². The van der Waals surface area contributed by atoms with Crippen molar-refractivity contribution in [3.8, 4) is 0 Å². The first-order valence-electron chi connectivity index (χ1n) is 7.85. The summed E-state index contributed by atoms with van der Waals surface area (Å²) >= 11 is 0. The number of aryl methyl sites for hydroxylation is 3. The number of nitrogens with zero attached hydrogens (tertiary/aromatic N) is 4. The number of methoxy groups -OCH3 is 1. The Labute approximate surface area is 141 Å². The highest BCUT2D eigenvalue weighted by molar-refractivity contribution is 5.89. The third-order valence-electron chi connectivity index (χ3n) is 3.83. The van der Waals surface area contributed by atoms with Crippen LogP contribution in [-0.2, 0) is 11.8 Å². The molecule has 7 heteroatoms. The molecule has 2 heterocycles. The van der Waals surface area contributed by atoms with E-state index in [1.807, 2.05) is 7.05 Å². The molecule has 126 valence electrons. The van der Waals surface area contributed by atoms with Crippen molar-refractivity contribution in [2.24, 2.45) is 7.05 Å². The van der Waals surface area contributed by atoms with Gasteiger partial charge in [-0.1, -0.05) is 12.1 Å². The number of hydrogen-bond acceptors (Lipinski definition) is 6. The minimum atomic E-state index is 0.552. The Morgan fingerprint density at radius 3 is 2.83 bits per heavy atom. The minimum Gasteiger partial charge on any atom is -0.383 e. The van der Waals surface area contributed by atoms with E-state index in [9.17, 15) is 0 Å². The molecule has 0 bridgehead atoms. The lowest BCUT2D eigenvalue weighted by Gasteiger charge is -2.12. The Bertz CT molecular complexity index is 858. The first-order valence-corrected chi connectivity index (χ1v) is 7.85. The molecule has 0 saturated heterocycles. The molecular formula is C17H22N6O. The predicted molar refractivity (Wildman–Crippen MR) is 95.9 cm³/mol. The van der Waals surface area contributed by atoms with E-state index < -0.39 is 0 Å². The molecule has 7 nitrogen and oxygen atoms in total. The molecule has 0 fully saturated rings. The SMILES string of the molecule is COCCNc1nc(Nc2cc(C)ccc2C)c2cnn(C)c2n1. The average molecular weight is 326 g/mol. The fourth-order valence-electron chi connectivity index (χ4n) is 2.46. The highest BCUT2D eigenvalue weighted by Gasteiger charge is 2.12. The van der Waals surface area contributed by atoms with Crippen LogP contribution in [0.15, 0.2) is 24.4 Å². The largest absolute Gasteiger partial charge is 0.383 e. The molecule has 0 unspecified atom stereocenters. The second-order valence-corrected chi connectivity index (χ2v) is 5.76. The van der Waals surface area contributed by atoms with E-state index in [2.05, 4.69) is 57.7 Å². The van der Waals surface area contributed by atoms with Crippen molar-refractivity contribution in [2.75, 3.05) is 30.9 Å². The average Bonchev–Trinajstić information content (AvgIpc) is 2.93. The zero-order valence-corrected chi connectivity index (χ0v) is 14.4. The molecule has 0 amide bonds. The number of nitrogens with one attached hydrogen (secondary N) is 2. The van der Waals surface area contributed by atoms with Gasteiger partial charge in [-0.25, -0.2) is 0 Å². The molecule has 2 aromatic heterocycles. The number of anilines is 3. The third kappa shape index (κ3) is 3.30. The summed E-state index contributed by atoms with van der Waals surface area (Å²) in [6.45, 7) is 5.37. The first kappa shape index (κ1) is 16.2. The van der Waals surface area contributed by atoms with Gasteiger partial charge < -0.3 is 15.4 Å². The van der Waals surface area contributed by atoms with Crippen molar-refractivity contribution in [1.29, 1.82) is 0 Å². The van der Waals surface area contributed by atoms with Gasteiger partial charge in [-0.15, -0.1) is 0 Å². The number of hydrogen-bond donors (Lipinski definition) is 2. The van der Waals surface area contributed by atoms with E-state index in [1.165, 1.54) is 5.56 Å². The van der Waals surface area contributed by atoms with Gasteiger partial charge in [0.1, 0.15) is 5.82 Å². The number of benzene rings is 1. The number of ether oxygens (including phenoxy) is 1. The molecule has 1 aromatic carbocycles. The van der Waals surface area contributed by atoms with Gasteiger partial charge in [0.05, 0.1) is 18.2 Å².